The van der Waals surface area contributed by atoms with Crippen LogP contribution in [0.4, 0.5) is 0 Å². The second kappa shape index (κ2) is 4.16. The smallest absolute Gasteiger partial charge is 0.746 e. The van der Waals surface area contributed by atoms with Gasteiger partial charge in [-0.25, -0.2) is 8.42 Å². The van der Waals surface area contributed by atoms with Crippen LogP contribution in [0.15, 0.2) is 0 Å². The zero-order chi connectivity index (χ0) is 9.57. The zero-order valence-corrected chi connectivity index (χ0v) is 11.0. The maximum absolute atomic E-state index is 10.5. The summed E-state index contributed by atoms with van der Waals surface area (Å²) in [5.41, 5.74) is 0. The standard InChI is InChI=1S/C7H14O4S.Na/c1-5(2)6-3-7(8,4-6)12(9,10)11;/h5-6,8H,3-4H2,1-2H3,(H,9,10,11);/q;+1/p-1. The van der Waals surface area contributed by atoms with E-state index in [2.05, 4.69) is 0 Å². The molecule has 4 nitrogen and oxygen atoms in total. The van der Waals surface area contributed by atoms with Crippen LogP contribution in [0.2, 0.25) is 0 Å². The third kappa shape index (κ3) is 2.67. The van der Waals surface area contributed by atoms with Crippen molar-refractivity contribution in [1.82, 2.24) is 0 Å². The van der Waals surface area contributed by atoms with E-state index in [1.54, 1.807) is 0 Å². The van der Waals surface area contributed by atoms with Gasteiger partial charge >= 0.3 is 29.6 Å². The number of hydrogen-bond acceptors (Lipinski definition) is 4. The molecule has 0 heterocycles. The molecule has 1 aliphatic carbocycles. The van der Waals surface area contributed by atoms with E-state index in [0.717, 1.165) is 0 Å². The molecule has 6 heteroatoms. The molecule has 1 N–H and O–H groups in total. The van der Waals surface area contributed by atoms with Crippen LogP contribution >= 0.6 is 0 Å². The zero-order valence-electron chi connectivity index (χ0n) is 8.15. The Morgan fingerprint density at radius 3 is 2.08 bits per heavy atom. The summed E-state index contributed by atoms with van der Waals surface area (Å²) in [4.78, 5) is -1.97. The van der Waals surface area contributed by atoms with Crippen LogP contribution in [0.3, 0.4) is 0 Å². The number of rotatable bonds is 2. The Kier molecular flexibility index (Phi) is 4.44. The van der Waals surface area contributed by atoms with E-state index in [4.69, 9.17) is 0 Å². The van der Waals surface area contributed by atoms with Crippen LogP contribution < -0.4 is 29.6 Å². The molecule has 0 radical (unpaired) electrons. The summed E-state index contributed by atoms with van der Waals surface area (Å²) in [5, 5.41) is 9.27. The van der Waals surface area contributed by atoms with Gasteiger partial charge in [0, 0.05) is 0 Å². The van der Waals surface area contributed by atoms with Crippen LogP contribution in [0.25, 0.3) is 0 Å². The van der Waals surface area contributed by atoms with Crippen molar-refractivity contribution in [3.63, 3.8) is 0 Å². The Hall–Kier alpha value is 0.870. The van der Waals surface area contributed by atoms with Crippen molar-refractivity contribution >= 4 is 10.1 Å². The molecule has 1 rings (SSSR count). The molecule has 72 valence electrons. The molecule has 1 aliphatic rings. The molecule has 0 aromatic heterocycles. The fraction of sp³-hybridized carbons (Fsp3) is 1.00. The van der Waals surface area contributed by atoms with Gasteiger partial charge in [-0.1, -0.05) is 13.8 Å². The van der Waals surface area contributed by atoms with Crippen LogP contribution in [0.5, 0.6) is 0 Å². The van der Waals surface area contributed by atoms with Gasteiger partial charge in [-0.15, -0.1) is 0 Å². The molecule has 0 saturated heterocycles. The van der Waals surface area contributed by atoms with Crippen molar-refractivity contribution in [1.29, 1.82) is 0 Å². The van der Waals surface area contributed by atoms with E-state index in [0.29, 0.717) is 5.92 Å². The van der Waals surface area contributed by atoms with E-state index in [9.17, 15) is 18.1 Å². The van der Waals surface area contributed by atoms with Gasteiger partial charge in [0.15, 0.2) is 4.93 Å². The van der Waals surface area contributed by atoms with E-state index < -0.39 is 15.1 Å². The summed E-state index contributed by atoms with van der Waals surface area (Å²) >= 11 is 0. The van der Waals surface area contributed by atoms with Gasteiger partial charge in [0.1, 0.15) is 10.1 Å². The summed E-state index contributed by atoms with van der Waals surface area (Å²) in [6.07, 6.45) is 0.188. The maximum atomic E-state index is 10.5. The van der Waals surface area contributed by atoms with E-state index in [1.165, 1.54) is 0 Å². The van der Waals surface area contributed by atoms with Gasteiger partial charge in [-0.2, -0.15) is 0 Å². The van der Waals surface area contributed by atoms with Crippen LogP contribution in [0.1, 0.15) is 26.7 Å². The minimum absolute atomic E-state index is 0. The Morgan fingerprint density at radius 1 is 1.46 bits per heavy atom. The predicted molar refractivity (Wildman–Crippen MR) is 42.2 cm³/mol. The molecule has 0 atom stereocenters. The Morgan fingerprint density at radius 2 is 1.85 bits per heavy atom. The molecule has 0 spiro atoms. The largest absolute Gasteiger partial charge is 1.00 e. The van der Waals surface area contributed by atoms with E-state index in [1.807, 2.05) is 13.8 Å². The van der Waals surface area contributed by atoms with Crippen molar-refractivity contribution < 1.29 is 47.6 Å². The minimum atomic E-state index is -4.53. The SMILES string of the molecule is CC(C)C1CC(O)(S(=O)(=O)[O-])C1.[Na+]. The predicted octanol–water partition coefficient (Wildman–Crippen LogP) is -2.71. The van der Waals surface area contributed by atoms with Gasteiger partial charge in [0.25, 0.3) is 0 Å². The first-order chi connectivity index (χ1) is 5.26. The first-order valence-corrected chi connectivity index (χ1v) is 5.35. The van der Waals surface area contributed by atoms with Crippen molar-refractivity contribution in [2.24, 2.45) is 11.8 Å². The van der Waals surface area contributed by atoms with E-state index >= 15 is 0 Å². The summed E-state index contributed by atoms with van der Waals surface area (Å²) in [6, 6.07) is 0. The summed E-state index contributed by atoms with van der Waals surface area (Å²) in [6.45, 7) is 3.89. The van der Waals surface area contributed by atoms with Crippen molar-refractivity contribution in [2.75, 3.05) is 0 Å². The molecule has 0 aromatic rings. The molecule has 13 heavy (non-hydrogen) atoms. The fourth-order valence-corrected chi connectivity index (χ4v) is 2.27. The minimum Gasteiger partial charge on any atom is -0.746 e. The van der Waals surface area contributed by atoms with Gasteiger partial charge < -0.3 is 9.66 Å². The normalized spacial score (nSPS) is 33.8. The second-order valence-electron chi connectivity index (χ2n) is 3.81. The van der Waals surface area contributed by atoms with Crippen LogP contribution in [-0.4, -0.2) is 23.0 Å². The van der Waals surface area contributed by atoms with Crippen molar-refractivity contribution in [2.45, 2.75) is 31.6 Å². The molecular weight excluding hydrogens is 203 g/mol. The van der Waals surface area contributed by atoms with Gasteiger partial charge in [0.05, 0.1) is 0 Å². The fourth-order valence-electron chi connectivity index (χ4n) is 1.44. The Balaban J connectivity index is 0.00000144. The Labute approximate surface area is 101 Å². The average Bonchev–Trinajstić information content (AvgIpc) is 1.77. The first-order valence-electron chi connectivity index (χ1n) is 3.94. The molecule has 0 aliphatic heterocycles. The summed E-state index contributed by atoms with van der Waals surface area (Å²) < 4.78 is 31.5. The maximum Gasteiger partial charge on any atom is 1.00 e. The third-order valence-electron chi connectivity index (χ3n) is 2.57. The quantitative estimate of drug-likeness (QED) is 0.402. The molecular formula is C7H13NaO4S. The van der Waals surface area contributed by atoms with Gasteiger partial charge in [-0.3, -0.25) is 0 Å². The van der Waals surface area contributed by atoms with Gasteiger partial charge in [-0.05, 0) is 24.7 Å². The van der Waals surface area contributed by atoms with Crippen molar-refractivity contribution in [3.8, 4) is 0 Å². The topological polar surface area (TPSA) is 77.4 Å². The van der Waals surface area contributed by atoms with Crippen molar-refractivity contribution in [3.05, 3.63) is 0 Å². The molecule has 0 bridgehead atoms. The molecule has 1 fully saturated rings. The summed E-state index contributed by atoms with van der Waals surface area (Å²) in [5.74, 6) is 0.491. The van der Waals surface area contributed by atoms with Crippen LogP contribution in [0, 0.1) is 11.8 Å². The first kappa shape index (κ1) is 13.9. The monoisotopic (exact) mass is 216 g/mol. The third-order valence-corrected chi connectivity index (χ3v) is 3.83. The van der Waals surface area contributed by atoms with E-state index in [-0.39, 0.29) is 48.3 Å². The van der Waals surface area contributed by atoms with Gasteiger partial charge in [0.2, 0.25) is 0 Å². The number of aliphatic hydroxyl groups is 1. The van der Waals surface area contributed by atoms with Crippen LogP contribution in [-0.2, 0) is 10.1 Å². The second-order valence-corrected chi connectivity index (χ2v) is 5.48. The number of hydrogen-bond donors (Lipinski definition) is 1. The Bertz CT molecular complexity index is 266. The molecule has 0 unspecified atom stereocenters. The molecule has 0 aromatic carbocycles. The average molecular weight is 216 g/mol. The summed E-state index contributed by atoms with van der Waals surface area (Å²) in [7, 11) is -4.53. The molecule has 0 amide bonds. The molecule has 1 saturated carbocycles.